The Bertz CT molecular complexity index is 1300. The normalized spacial score (nSPS) is 19.9. The average Bonchev–Trinajstić information content (AvgIpc) is 3.42. The zero-order valence-electron chi connectivity index (χ0n) is 18.3. The van der Waals surface area contributed by atoms with Crippen molar-refractivity contribution in [2.24, 2.45) is 0 Å². The van der Waals surface area contributed by atoms with Crippen LogP contribution in [0.3, 0.4) is 0 Å². The molecule has 0 unspecified atom stereocenters. The summed E-state index contributed by atoms with van der Waals surface area (Å²) in [6.45, 7) is 1.78. The zero-order chi connectivity index (χ0) is 25.3. The molecule has 3 aliphatic heterocycles. The largest absolute Gasteiger partial charge is 0.480 e. The highest BCUT2D eigenvalue weighted by atomic mass is 32.2. The number of thioether (sulfide) groups is 2. The van der Waals surface area contributed by atoms with Crippen LogP contribution in [0.2, 0.25) is 0 Å². The van der Waals surface area contributed by atoms with Gasteiger partial charge in [-0.2, -0.15) is 8.42 Å². The van der Waals surface area contributed by atoms with E-state index in [1.54, 1.807) is 19.1 Å². The van der Waals surface area contributed by atoms with Crippen molar-refractivity contribution >= 4 is 67.7 Å². The van der Waals surface area contributed by atoms with E-state index in [1.807, 2.05) is 23.1 Å². The Labute approximate surface area is 215 Å². The summed E-state index contributed by atoms with van der Waals surface area (Å²) in [5.41, 5.74) is 1.57. The van der Waals surface area contributed by atoms with Gasteiger partial charge in [0, 0.05) is 23.6 Å². The number of nitrogens with zero attached hydrogens (tertiary/aromatic N) is 2. The molecular formula is C21H20N2O8S4. The Kier molecular flexibility index (Phi) is 7.47. The molecule has 1 saturated heterocycles. The van der Waals surface area contributed by atoms with Crippen molar-refractivity contribution < 1.29 is 37.1 Å². The molecule has 0 aliphatic carbocycles. The second kappa shape index (κ2) is 10.2. The lowest BCUT2D eigenvalue weighted by atomic mass is 10.2. The van der Waals surface area contributed by atoms with Gasteiger partial charge in [0.2, 0.25) is 6.79 Å². The first-order valence-electron chi connectivity index (χ1n) is 10.2. The average molecular weight is 557 g/mol. The van der Waals surface area contributed by atoms with E-state index in [0.717, 1.165) is 37.8 Å². The highest BCUT2D eigenvalue weighted by molar-refractivity contribution is 8.26. The van der Waals surface area contributed by atoms with Gasteiger partial charge < -0.3 is 19.5 Å². The van der Waals surface area contributed by atoms with E-state index in [4.69, 9.17) is 31.4 Å². The van der Waals surface area contributed by atoms with Crippen molar-refractivity contribution in [2.45, 2.75) is 18.2 Å². The number of hydrogen-bond acceptors (Lipinski definition) is 10. The number of benzene rings is 1. The number of hydrogen-bond donors (Lipinski definition) is 2. The summed E-state index contributed by atoms with van der Waals surface area (Å²) in [4.78, 5) is 27.7. The van der Waals surface area contributed by atoms with Crippen molar-refractivity contribution in [1.82, 2.24) is 4.90 Å². The summed E-state index contributed by atoms with van der Waals surface area (Å²) >= 11 is 7.63. The van der Waals surface area contributed by atoms with E-state index < -0.39 is 28.5 Å². The molecule has 0 spiro atoms. The smallest absolute Gasteiger partial charge is 0.323 e. The first-order chi connectivity index (χ1) is 16.5. The van der Waals surface area contributed by atoms with E-state index >= 15 is 0 Å². The lowest BCUT2D eigenvalue weighted by Crippen LogP contribution is -2.33. The van der Waals surface area contributed by atoms with Crippen LogP contribution in [0.4, 0.5) is 5.69 Å². The standard InChI is InChI=1S/C21H20N2O8S4/c1-12(7-17-20(26)23(10-19(24)25)21(32)34-17)3-4-18-22(5-2-6-35(27,28)29)13-8-14-15(31-11-30-14)9-16(13)33-18/h3-4,7-9H,2,5-6,10-11H2,1H3,(H,24,25)(H,27,28,29). The Morgan fingerprint density at radius 3 is 2.63 bits per heavy atom. The number of carboxylic acid groups (broad SMARTS) is 1. The van der Waals surface area contributed by atoms with Crippen LogP contribution in [-0.4, -0.2) is 64.8 Å². The number of fused-ring (bicyclic) bond motifs is 2. The van der Waals surface area contributed by atoms with Crippen LogP contribution in [0.5, 0.6) is 11.5 Å². The Hall–Kier alpha value is -2.52. The highest BCUT2D eigenvalue weighted by Gasteiger charge is 2.33. The Morgan fingerprint density at radius 1 is 1.23 bits per heavy atom. The Morgan fingerprint density at radius 2 is 1.94 bits per heavy atom. The quantitative estimate of drug-likeness (QED) is 0.277. The number of carboxylic acids is 1. The zero-order valence-corrected chi connectivity index (χ0v) is 21.6. The Balaban J connectivity index is 1.56. The number of ether oxygens (including phenoxy) is 2. The van der Waals surface area contributed by atoms with Gasteiger partial charge in [-0.15, -0.1) is 0 Å². The van der Waals surface area contributed by atoms with Crippen LogP contribution in [0.25, 0.3) is 0 Å². The SMILES string of the molecule is CC(=CC=C1Sc2cc3c(cc2N1CCCS(=O)(=O)O)OCO3)C=C1SC(=S)N(CC(=O)O)C1=O. The molecule has 0 aromatic heterocycles. The number of carbonyl (C=O) groups excluding carboxylic acids is 1. The minimum Gasteiger partial charge on any atom is -0.480 e. The van der Waals surface area contributed by atoms with E-state index in [9.17, 15) is 18.0 Å². The summed E-state index contributed by atoms with van der Waals surface area (Å²) in [7, 11) is -4.08. The van der Waals surface area contributed by atoms with E-state index in [2.05, 4.69) is 0 Å². The summed E-state index contributed by atoms with van der Waals surface area (Å²) < 4.78 is 42.6. The maximum absolute atomic E-state index is 12.5. The summed E-state index contributed by atoms with van der Waals surface area (Å²) in [6, 6.07) is 3.70. The van der Waals surface area contributed by atoms with Gasteiger partial charge >= 0.3 is 5.97 Å². The number of thiocarbonyl (C=S) groups is 1. The monoisotopic (exact) mass is 556 g/mol. The van der Waals surface area contributed by atoms with Crippen molar-refractivity contribution in [2.75, 3.05) is 30.5 Å². The van der Waals surface area contributed by atoms with E-state index in [1.165, 1.54) is 11.8 Å². The fraction of sp³-hybridized carbons (Fsp3) is 0.286. The third-order valence-corrected chi connectivity index (χ3v) is 8.32. The number of anilines is 1. The van der Waals surface area contributed by atoms with Gasteiger partial charge in [0.05, 0.1) is 21.4 Å². The van der Waals surface area contributed by atoms with Gasteiger partial charge in [0.25, 0.3) is 16.0 Å². The third-order valence-electron chi connectivity index (χ3n) is 5.02. The van der Waals surface area contributed by atoms with Crippen LogP contribution in [0, 0.1) is 0 Å². The molecule has 2 N–H and O–H groups in total. The van der Waals surface area contributed by atoms with Gasteiger partial charge in [-0.05, 0) is 31.1 Å². The second-order valence-electron chi connectivity index (χ2n) is 7.64. The van der Waals surface area contributed by atoms with Crippen LogP contribution in [0.15, 0.2) is 50.8 Å². The minimum atomic E-state index is -4.08. The molecule has 0 atom stereocenters. The van der Waals surface area contributed by atoms with Crippen LogP contribution in [-0.2, 0) is 19.7 Å². The van der Waals surface area contributed by atoms with Crippen molar-refractivity contribution in [3.63, 3.8) is 0 Å². The van der Waals surface area contributed by atoms with Crippen LogP contribution >= 0.6 is 35.7 Å². The molecular weight excluding hydrogens is 537 g/mol. The molecule has 35 heavy (non-hydrogen) atoms. The predicted molar refractivity (Wildman–Crippen MR) is 136 cm³/mol. The molecule has 186 valence electrons. The lowest BCUT2D eigenvalue weighted by Gasteiger charge is -2.20. The topological polar surface area (TPSA) is 134 Å². The fourth-order valence-electron chi connectivity index (χ4n) is 3.48. The molecule has 4 rings (SSSR count). The molecule has 14 heteroatoms. The van der Waals surface area contributed by atoms with Crippen molar-refractivity contribution in [3.8, 4) is 11.5 Å². The highest BCUT2D eigenvalue weighted by Crippen LogP contribution is 2.51. The molecule has 10 nitrogen and oxygen atoms in total. The maximum atomic E-state index is 12.5. The molecule has 1 fully saturated rings. The van der Waals surface area contributed by atoms with Gasteiger partial charge in [-0.1, -0.05) is 41.8 Å². The van der Waals surface area contributed by atoms with E-state index in [-0.39, 0.29) is 23.3 Å². The van der Waals surface area contributed by atoms with Gasteiger partial charge in [-0.3, -0.25) is 19.0 Å². The third kappa shape index (κ3) is 6.01. The number of aliphatic carboxylic acids is 1. The second-order valence-corrected chi connectivity index (χ2v) is 12.0. The molecule has 0 radical (unpaired) electrons. The fourth-order valence-corrected chi connectivity index (χ4v) is 6.38. The van der Waals surface area contributed by atoms with Crippen LogP contribution < -0.4 is 14.4 Å². The summed E-state index contributed by atoms with van der Waals surface area (Å²) in [5, 5.41) is 9.78. The first kappa shape index (κ1) is 25.6. The molecule has 1 amide bonds. The molecule has 1 aromatic carbocycles. The van der Waals surface area contributed by atoms with Gasteiger partial charge in [0.15, 0.2) is 11.5 Å². The number of carbonyl (C=O) groups is 2. The number of allylic oxidation sites excluding steroid dienone is 4. The minimum absolute atomic E-state index is 0.134. The van der Waals surface area contributed by atoms with Gasteiger partial charge in [0.1, 0.15) is 10.9 Å². The molecule has 0 saturated carbocycles. The summed E-state index contributed by atoms with van der Waals surface area (Å²) in [6.07, 6.45) is 5.49. The molecule has 1 aromatic rings. The maximum Gasteiger partial charge on any atom is 0.323 e. The lowest BCUT2D eigenvalue weighted by molar-refractivity contribution is -0.140. The molecule has 3 aliphatic rings. The first-order valence-corrected chi connectivity index (χ1v) is 13.9. The molecule has 3 heterocycles. The van der Waals surface area contributed by atoms with E-state index in [0.29, 0.717) is 22.9 Å². The molecule has 0 bridgehead atoms. The number of amides is 1. The summed E-state index contributed by atoms with van der Waals surface area (Å²) in [5.74, 6) is -0.736. The predicted octanol–water partition coefficient (Wildman–Crippen LogP) is 3.22. The number of rotatable bonds is 8. The van der Waals surface area contributed by atoms with Gasteiger partial charge in [-0.25, -0.2) is 0 Å². The van der Waals surface area contributed by atoms with Crippen molar-refractivity contribution in [3.05, 3.63) is 45.9 Å². The van der Waals surface area contributed by atoms with Crippen molar-refractivity contribution in [1.29, 1.82) is 0 Å². The van der Waals surface area contributed by atoms with Crippen LogP contribution in [0.1, 0.15) is 13.3 Å².